The smallest absolute Gasteiger partial charge is 0.200 e. The first-order valence-electron chi connectivity index (χ1n) is 5.46. The molecule has 0 aliphatic carbocycles. The largest absolute Gasteiger partial charge is 0.380 e. The van der Waals surface area contributed by atoms with Crippen LogP contribution in [-0.2, 0) is 0 Å². The quantitative estimate of drug-likeness (QED) is 0.359. The van der Waals surface area contributed by atoms with Crippen molar-refractivity contribution in [2.75, 3.05) is 25.0 Å². The number of hydrogen-bond donors (Lipinski definition) is 2. The summed E-state index contributed by atoms with van der Waals surface area (Å²) in [5, 5.41) is 5.17. The minimum atomic E-state index is -2.15. The predicted molar refractivity (Wildman–Crippen MR) is 57.9 cm³/mol. The van der Waals surface area contributed by atoms with Gasteiger partial charge in [-0.2, -0.15) is 0 Å². The van der Waals surface area contributed by atoms with Gasteiger partial charge in [0.2, 0.25) is 5.82 Å². The van der Waals surface area contributed by atoms with E-state index in [1.165, 1.54) is 0 Å². The van der Waals surface area contributed by atoms with Crippen molar-refractivity contribution in [1.82, 2.24) is 5.32 Å². The summed E-state index contributed by atoms with van der Waals surface area (Å²) in [4.78, 5) is 0. The highest BCUT2D eigenvalue weighted by Gasteiger charge is 2.25. The van der Waals surface area contributed by atoms with Gasteiger partial charge in [-0.1, -0.05) is 6.92 Å². The first-order valence-corrected chi connectivity index (χ1v) is 5.46. The van der Waals surface area contributed by atoms with Crippen molar-refractivity contribution in [2.24, 2.45) is 0 Å². The standard InChI is InChI=1S/C11H13F5N2/c1-2-17-4-3-5-18-11-9(15)7(13)6(12)8(14)10(11)16/h17-18H,2-5H2,1H3. The maximum Gasteiger partial charge on any atom is 0.200 e. The molecular weight excluding hydrogens is 255 g/mol. The van der Waals surface area contributed by atoms with E-state index in [9.17, 15) is 22.0 Å². The lowest BCUT2D eigenvalue weighted by molar-refractivity contribution is 0.381. The Morgan fingerprint density at radius 3 is 1.78 bits per heavy atom. The minimum Gasteiger partial charge on any atom is -0.380 e. The summed E-state index contributed by atoms with van der Waals surface area (Å²) in [7, 11) is 0. The van der Waals surface area contributed by atoms with E-state index in [4.69, 9.17) is 0 Å². The molecule has 2 N–H and O–H groups in total. The van der Waals surface area contributed by atoms with Crippen molar-refractivity contribution in [2.45, 2.75) is 13.3 Å². The molecule has 102 valence electrons. The molecule has 0 amide bonds. The van der Waals surface area contributed by atoms with E-state index < -0.39 is 34.8 Å². The van der Waals surface area contributed by atoms with Gasteiger partial charge in [-0.05, 0) is 19.5 Å². The summed E-state index contributed by atoms with van der Waals surface area (Å²) in [6, 6.07) is 0. The zero-order valence-corrected chi connectivity index (χ0v) is 9.72. The molecule has 7 heteroatoms. The van der Waals surface area contributed by atoms with E-state index >= 15 is 0 Å². The molecule has 2 nitrogen and oxygen atoms in total. The molecule has 0 bridgehead atoms. The normalized spacial score (nSPS) is 10.8. The summed E-state index contributed by atoms with van der Waals surface area (Å²) in [5.41, 5.74) is -0.983. The van der Waals surface area contributed by atoms with Crippen molar-refractivity contribution >= 4 is 5.69 Å². The Kier molecular flexibility index (Phi) is 5.33. The van der Waals surface area contributed by atoms with Gasteiger partial charge >= 0.3 is 0 Å². The van der Waals surface area contributed by atoms with Crippen molar-refractivity contribution < 1.29 is 22.0 Å². The van der Waals surface area contributed by atoms with E-state index in [1.54, 1.807) is 0 Å². The molecule has 1 aromatic rings. The fourth-order valence-electron chi connectivity index (χ4n) is 1.36. The highest BCUT2D eigenvalue weighted by molar-refractivity contribution is 5.47. The van der Waals surface area contributed by atoms with Crippen LogP contribution >= 0.6 is 0 Å². The van der Waals surface area contributed by atoms with Crippen molar-refractivity contribution in [3.05, 3.63) is 29.1 Å². The molecule has 1 aromatic carbocycles. The number of halogens is 5. The molecule has 0 saturated carbocycles. The van der Waals surface area contributed by atoms with E-state index in [1.807, 2.05) is 6.92 Å². The zero-order chi connectivity index (χ0) is 13.7. The van der Waals surface area contributed by atoms with Gasteiger partial charge in [0.05, 0.1) is 0 Å². The fraction of sp³-hybridized carbons (Fsp3) is 0.455. The van der Waals surface area contributed by atoms with E-state index in [0.29, 0.717) is 13.0 Å². The first-order chi connectivity index (χ1) is 8.50. The van der Waals surface area contributed by atoms with Crippen LogP contribution in [0.4, 0.5) is 27.6 Å². The van der Waals surface area contributed by atoms with Crippen molar-refractivity contribution in [1.29, 1.82) is 0 Å². The topological polar surface area (TPSA) is 24.1 Å². The molecule has 0 fully saturated rings. The van der Waals surface area contributed by atoms with Crippen LogP contribution in [-0.4, -0.2) is 19.6 Å². The molecule has 1 rings (SSSR count). The Morgan fingerprint density at radius 2 is 1.28 bits per heavy atom. The van der Waals surface area contributed by atoms with E-state index in [0.717, 1.165) is 6.54 Å². The van der Waals surface area contributed by atoms with Crippen LogP contribution in [0.5, 0.6) is 0 Å². The number of hydrogen-bond acceptors (Lipinski definition) is 2. The Hall–Kier alpha value is -1.37. The van der Waals surface area contributed by atoms with Crippen LogP contribution in [0, 0.1) is 29.1 Å². The molecule has 18 heavy (non-hydrogen) atoms. The molecular formula is C11H13F5N2. The van der Waals surface area contributed by atoms with Gasteiger partial charge in [-0.25, -0.2) is 22.0 Å². The summed E-state index contributed by atoms with van der Waals surface area (Å²) >= 11 is 0. The number of rotatable bonds is 6. The summed E-state index contributed by atoms with van der Waals surface area (Å²) in [6.07, 6.45) is 0.493. The van der Waals surface area contributed by atoms with Crippen molar-refractivity contribution in [3.8, 4) is 0 Å². The third-order valence-electron chi connectivity index (χ3n) is 2.29. The van der Waals surface area contributed by atoms with Crippen LogP contribution in [0.1, 0.15) is 13.3 Å². The van der Waals surface area contributed by atoms with Crippen LogP contribution in [0.25, 0.3) is 0 Å². The highest BCUT2D eigenvalue weighted by Crippen LogP contribution is 2.26. The van der Waals surface area contributed by atoms with Gasteiger partial charge in [0.15, 0.2) is 23.3 Å². The summed E-state index contributed by atoms with van der Waals surface area (Å²) in [5.74, 6) is -9.71. The molecule has 0 aliphatic heterocycles. The second-order valence-electron chi connectivity index (χ2n) is 3.58. The van der Waals surface area contributed by atoms with Crippen LogP contribution in [0.2, 0.25) is 0 Å². The van der Waals surface area contributed by atoms with Gasteiger partial charge in [-0.3, -0.25) is 0 Å². The molecule has 0 aliphatic rings. The predicted octanol–water partition coefficient (Wildman–Crippen LogP) is 2.79. The van der Waals surface area contributed by atoms with Crippen LogP contribution < -0.4 is 10.6 Å². The fourth-order valence-corrected chi connectivity index (χ4v) is 1.36. The Labute approximate surface area is 101 Å². The number of benzene rings is 1. The summed E-state index contributed by atoms with van der Waals surface area (Å²) < 4.78 is 64.7. The molecule has 0 spiro atoms. The third-order valence-corrected chi connectivity index (χ3v) is 2.29. The number of anilines is 1. The van der Waals surface area contributed by atoms with Crippen LogP contribution in [0.15, 0.2) is 0 Å². The van der Waals surface area contributed by atoms with Crippen LogP contribution in [0.3, 0.4) is 0 Å². The lowest BCUT2D eigenvalue weighted by Gasteiger charge is -2.10. The minimum absolute atomic E-state index is 0.103. The highest BCUT2D eigenvalue weighted by atomic mass is 19.2. The molecule has 0 radical (unpaired) electrons. The third kappa shape index (κ3) is 3.10. The second kappa shape index (κ2) is 6.53. The summed E-state index contributed by atoms with van der Waals surface area (Å²) in [6.45, 7) is 3.31. The second-order valence-corrected chi connectivity index (χ2v) is 3.58. The Balaban J connectivity index is 2.77. The maximum atomic E-state index is 13.2. The monoisotopic (exact) mass is 268 g/mol. The van der Waals surface area contributed by atoms with E-state index in [-0.39, 0.29) is 6.54 Å². The molecule has 0 heterocycles. The molecule has 0 saturated heterocycles. The number of nitrogens with one attached hydrogen (secondary N) is 2. The maximum absolute atomic E-state index is 13.2. The molecule has 0 aromatic heterocycles. The lowest BCUT2D eigenvalue weighted by Crippen LogP contribution is -2.18. The van der Waals surface area contributed by atoms with Gasteiger partial charge in [0.1, 0.15) is 5.69 Å². The van der Waals surface area contributed by atoms with Crippen molar-refractivity contribution in [3.63, 3.8) is 0 Å². The average Bonchev–Trinajstić information content (AvgIpc) is 2.37. The first kappa shape index (κ1) is 14.7. The lowest BCUT2D eigenvalue weighted by atomic mass is 10.2. The van der Waals surface area contributed by atoms with Gasteiger partial charge in [0.25, 0.3) is 0 Å². The molecule has 0 atom stereocenters. The van der Waals surface area contributed by atoms with E-state index in [2.05, 4.69) is 10.6 Å². The average molecular weight is 268 g/mol. The Bertz CT molecular complexity index is 393. The molecule has 0 unspecified atom stereocenters. The van der Waals surface area contributed by atoms with Gasteiger partial charge < -0.3 is 10.6 Å². The SMILES string of the molecule is CCNCCCNc1c(F)c(F)c(F)c(F)c1F. The zero-order valence-electron chi connectivity index (χ0n) is 9.72. The van der Waals surface area contributed by atoms with Gasteiger partial charge in [-0.15, -0.1) is 0 Å². The Morgan fingerprint density at radius 1 is 0.778 bits per heavy atom. The van der Waals surface area contributed by atoms with Gasteiger partial charge in [0, 0.05) is 6.54 Å².